The minimum Gasteiger partial charge on any atom is -0.348 e. The fraction of sp³-hybridized carbons (Fsp3) is 0.294. The summed E-state index contributed by atoms with van der Waals surface area (Å²) in [6.45, 7) is 0.427. The van der Waals surface area contributed by atoms with E-state index in [4.69, 9.17) is 0 Å². The van der Waals surface area contributed by atoms with Gasteiger partial charge in [0.05, 0.1) is 0 Å². The minimum atomic E-state index is -0.312. The van der Waals surface area contributed by atoms with Crippen LogP contribution in [0.2, 0.25) is 0 Å². The van der Waals surface area contributed by atoms with Crippen molar-refractivity contribution >= 4 is 5.91 Å². The number of benzene rings is 1. The molecule has 1 aliphatic rings. The third kappa shape index (κ3) is 3.05. The van der Waals surface area contributed by atoms with E-state index in [1.807, 2.05) is 30.3 Å². The summed E-state index contributed by atoms with van der Waals surface area (Å²) < 4.78 is 0. The van der Waals surface area contributed by atoms with Crippen LogP contribution in [0.5, 0.6) is 0 Å². The second-order valence-electron chi connectivity index (χ2n) is 5.39. The molecule has 0 unspecified atom stereocenters. The number of carbonyl (C=O) groups excluding carboxylic acids is 1. The molecule has 0 spiro atoms. The van der Waals surface area contributed by atoms with Crippen LogP contribution in [-0.4, -0.2) is 10.9 Å². The number of pyridine rings is 1. The molecule has 0 fully saturated rings. The van der Waals surface area contributed by atoms with E-state index in [1.165, 1.54) is 0 Å². The van der Waals surface area contributed by atoms with Gasteiger partial charge in [-0.1, -0.05) is 30.3 Å². The Morgan fingerprint density at radius 3 is 2.71 bits per heavy atom. The molecule has 4 heteroatoms. The summed E-state index contributed by atoms with van der Waals surface area (Å²) in [4.78, 5) is 27.1. The third-order valence-corrected chi connectivity index (χ3v) is 3.88. The zero-order valence-corrected chi connectivity index (χ0v) is 11.8. The highest BCUT2D eigenvalue weighted by Crippen LogP contribution is 2.18. The average Bonchev–Trinajstić information content (AvgIpc) is 2.53. The van der Waals surface area contributed by atoms with Crippen molar-refractivity contribution in [3.63, 3.8) is 0 Å². The van der Waals surface area contributed by atoms with E-state index in [9.17, 15) is 9.59 Å². The first-order valence-corrected chi connectivity index (χ1v) is 7.31. The van der Waals surface area contributed by atoms with Gasteiger partial charge in [-0.25, -0.2) is 0 Å². The van der Waals surface area contributed by atoms with Crippen molar-refractivity contribution in [3.05, 3.63) is 69.1 Å². The number of carbonyl (C=O) groups is 1. The van der Waals surface area contributed by atoms with Crippen molar-refractivity contribution in [3.8, 4) is 0 Å². The summed E-state index contributed by atoms with van der Waals surface area (Å²) in [6, 6.07) is 11.4. The molecule has 0 aliphatic heterocycles. The number of fused-ring (bicyclic) bond motifs is 1. The van der Waals surface area contributed by atoms with Crippen molar-refractivity contribution in [2.24, 2.45) is 0 Å². The van der Waals surface area contributed by atoms with Gasteiger partial charge in [0.2, 0.25) is 0 Å². The summed E-state index contributed by atoms with van der Waals surface area (Å²) in [5, 5.41) is 2.80. The summed E-state index contributed by atoms with van der Waals surface area (Å²) in [5.74, 6) is -0.312. The standard InChI is InChI=1S/C17H18N2O2/c20-16(18-11-12-6-2-1-3-7-12)14-10-13-8-4-5-9-15(13)19-17(14)21/h1-3,6-7,10H,4-5,8-9,11H2,(H,18,20)(H,19,21). The summed E-state index contributed by atoms with van der Waals surface area (Å²) >= 11 is 0. The van der Waals surface area contributed by atoms with Gasteiger partial charge in [-0.3, -0.25) is 9.59 Å². The molecule has 0 radical (unpaired) electrons. The van der Waals surface area contributed by atoms with E-state index < -0.39 is 0 Å². The van der Waals surface area contributed by atoms with Crippen LogP contribution in [0, 0.1) is 0 Å². The Morgan fingerprint density at radius 1 is 1.14 bits per heavy atom. The molecule has 1 aliphatic carbocycles. The average molecular weight is 282 g/mol. The number of aromatic amines is 1. The van der Waals surface area contributed by atoms with Crippen molar-refractivity contribution in [2.45, 2.75) is 32.2 Å². The molecule has 0 atom stereocenters. The highest BCUT2D eigenvalue weighted by Gasteiger charge is 2.16. The second kappa shape index (κ2) is 5.95. The van der Waals surface area contributed by atoms with Crippen LogP contribution >= 0.6 is 0 Å². The van der Waals surface area contributed by atoms with Crippen LogP contribution < -0.4 is 10.9 Å². The molecule has 1 heterocycles. The van der Waals surface area contributed by atoms with E-state index >= 15 is 0 Å². The SMILES string of the molecule is O=C(NCc1ccccc1)c1cc2c([nH]c1=O)CCCC2. The first-order valence-electron chi connectivity index (χ1n) is 7.31. The molecule has 2 N–H and O–H groups in total. The van der Waals surface area contributed by atoms with Gasteiger partial charge in [-0.15, -0.1) is 0 Å². The van der Waals surface area contributed by atoms with Gasteiger partial charge in [0.1, 0.15) is 5.56 Å². The lowest BCUT2D eigenvalue weighted by Gasteiger charge is -2.15. The molecule has 4 nitrogen and oxygen atoms in total. The zero-order valence-electron chi connectivity index (χ0n) is 11.8. The lowest BCUT2D eigenvalue weighted by atomic mass is 9.95. The van der Waals surface area contributed by atoms with Crippen molar-refractivity contribution in [1.82, 2.24) is 10.3 Å². The molecule has 1 aromatic carbocycles. The predicted molar refractivity (Wildman–Crippen MR) is 81.3 cm³/mol. The fourth-order valence-corrected chi connectivity index (χ4v) is 2.72. The predicted octanol–water partition coefficient (Wildman–Crippen LogP) is 2.18. The van der Waals surface area contributed by atoms with Crippen LogP contribution in [0.25, 0.3) is 0 Å². The number of aryl methyl sites for hydroxylation is 2. The van der Waals surface area contributed by atoms with E-state index in [2.05, 4.69) is 10.3 Å². The largest absolute Gasteiger partial charge is 0.348 e. The summed E-state index contributed by atoms with van der Waals surface area (Å²) in [5.41, 5.74) is 3.03. The highest BCUT2D eigenvalue weighted by molar-refractivity contribution is 5.94. The number of hydrogen-bond acceptors (Lipinski definition) is 2. The van der Waals surface area contributed by atoms with Gasteiger partial charge >= 0.3 is 0 Å². The zero-order chi connectivity index (χ0) is 14.7. The summed E-state index contributed by atoms with van der Waals surface area (Å²) in [7, 11) is 0. The van der Waals surface area contributed by atoms with Crippen molar-refractivity contribution in [2.75, 3.05) is 0 Å². The monoisotopic (exact) mass is 282 g/mol. The number of nitrogens with one attached hydrogen (secondary N) is 2. The number of hydrogen-bond donors (Lipinski definition) is 2. The molecule has 2 aromatic rings. The fourth-order valence-electron chi connectivity index (χ4n) is 2.72. The molecule has 0 saturated heterocycles. The van der Waals surface area contributed by atoms with Crippen molar-refractivity contribution in [1.29, 1.82) is 0 Å². The minimum absolute atomic E-state index is 0.214. The van der Waals surface area contributed by atoms with Crippen LogP contribution in [0.3, 0.4) is 0 Å². The Morgan fingerprint density at radius 2 is 1.90 bits per heavy atom. The van der Waals surface area contributed by atoms with Crippen LogP contribution in [0.15, 0.2) is 41.2 Å². The molecule has 0 bridgehead atoms. The topological polar surface area (TPSA) is 62.0 Å². The second-order valence-corrected chi connectivity index (χ2v) is 5.39. The molecule has 1 amide bonds. The van der Waals surface area contributed by atoms with E-state index in [-0.39, 0.29) is 17.0 Å². The van der Waals surface area contributed by atoms with Crippen LogP contribution in [0.4, 0.5) is 0 Å². The maximum absolute atomic E-state index is 12.2. The third-order valence-electron chi connectivity index (χ3n) is 3.88. The van der Waals surface area contributed by atoms with Gasteiger partial charge in [-0.05, 0) is 42.9 Å². The Kier molecular flexibility index (Phi) is 3.86. The first kappa shape index (κ1) is 13.6. The number of aromatic nitrogens is 1. The number of rotatable bonds is 3. The normalized spacial score (nSPS) is 13.5. The lowest BCUT2D eigenvalue weighted by molar-refractivity contribution is 0.0949. The molecule has 3 rings (SSSR count). The summed E-state index contributed by atoms with van der Waals surface area (Å²) in [6.07, 6.45) is 4.05. The van der Waals surface area contributed by atoms with Crippen LogP contribution in [-0.2, 0) is 19.4 Å². The van der Waals surface area contributed by atoms with Gasteiger partial charge < -0.3 is 10.3 Å². The molecule has 21 heavy (non-hydrogen) atoms. The molecular formula is C17H18N2O2. The lowest BCUT2D eigenvalue weighted by Crippen LogP contribution is -2.30. The van der Waals surface area contributed by atoms with Gasteiger partial charge in [0, 0.05) is 12.2 Å². The quantitative estimate of drug-likeness (QED) is 0.906. The maximum atomic E-state index is 12.2. The van der Waals surface area contributed by atoms with E-state index in [0.717, 1.165) is 42.5 Å². The molecule has 1 aromatic heterocycles. The first-order chi connectivity index (χ1) is 10.2. The smallest absolute Gasteiger partial charge is 0.261 e. The van der Waals surface area contributed by atoms with E-state index in [1.54, 1.807) is 6.07 Å². The Balaban J connectivity index is 1.77. The Hall–Kier alpha value is -2.36. The molecule has 108 valence electrons. The van der Waals surface area contributed by atoms with Gasteiger partial charge in [0.25, 0.3) is 11.5 Å². The van der Waals surface area contributed by atoms with Gasteiger partial charge in [0.15, 0.2) is 0 Å². The van der Waals surface area contributed by atoms with Gasteiger partial charge in [-0.2, -0.15) is 0 Å². The number of H-pyrrole nitrogens is 1. The maximum Gasteiger partial charge on any atom is 0.261 e. The number of amides is 1. The molecule has 0 saturated carbocycles. The Bertz CT molecular complexity index is 704. The van der Waals surface area contributed by atoms with E-state index in [0.29, 0.717) is 6.54 Å². The van der Waals surface area contributed by atoms with Crippen molar-refractivity contribution < 1.29 is 4.79 Å². The highest BCUT2D eigenvalue weighted by atomic mass is 16.2. The molecular weight excluding hydrogens is 264 g/mol. The Labute approximate surface area is 123 Å². The van der Waals surface area contributed by atoms with Crippen LogP contribution in [0.1, 0.15) is 40.0 Å².